The van der Waals surface area contributed by atoms with Gasteiger partial charge in [0.25, 0.3) is 0 Å². The van der Waals surface area contributed by atoms with Gasteiger partial charge in [-0.1, -0.05) is 11.6 Å². The average Bonchev–Trinajstić information content (AvgIpc) is 2.87. The standard InChI is InChI=1S/C11H14ClN5OS/c1-8-4-10(14-11(18)2-3-19)15-17(8)7-16-6-9(12)5-13-16/h4-6,19H,2-3,7H2,1H3,(H,14,15,18). The van der Waals surface area contributed by atoms with Crippen molar-refractivity contribution in [1.29, 1.82) is 0 Å². The molecule has 1 amide bonds. The number of aryl methyl sites for hydroxylation is 1. The van der Waals surface area contributed by atoms with Gasteiger partial charge in [-0.15, -0.1) is 0 Å². The summed E-state index contributed by atoms with van der Waals surface area (Å²) < 4.78 is 3.40. The Morgan fingerprint density at radius 2 is 2.37 bits per heavy atom. The van der Waals surface area contributed by atoms with Gasteiger partial charge in [-0.05, 0) is 12.7 Å². The van der Waals surface area contributed by atoms with Gasteiger partial charge >= 0.3 is 0 Å². The summed E-state index contributed by atoms with van der Waals surface area (Å²) in [6.07, 6.45) is 3.64. The van der Waals surface area contributed by atoms with Crippen molar-refractivity contribution in [3.63, 3.8) is 0 Å². The van der Waals surface area contributed by atoms with Gasteiger partial charge in [0, 0.05) is 24.4 Å². The molecule has 1 N–H and O–H groups in total. The fraction of sp³-hybridized carbons (Fsp3) is 0.364. The van der Waals surface area contributed by atoms with Crippen LogP contribution < -0.4 is 5.32 Å². The zero-order valence-electron chi connectivity index (χ0n) is 10.4. The molecule has 0 aliphatic carbocycles. The van der Waals surface area contributed by atoms with Crippen LogP contribution in [0.2, 0.25) is 5.02 Å². The van der Waals surface area contributed by atoms with Crippen molar-refractivity contribution in [2.45, 2.75) is 20.0 Å². The highest BCUT2D eigenvalue weighted by Gasteiger charge is 2.08. The molecular formula is C11H14ClN5OS. The minimum Gasteiger partial charge on any atom is -0.309 e. The van der Waals surface area contributed by atoms with Gasteiger partial charge in [0.1, 0.15) is 6.67 Å². The number of anilines is 1. The van der Waals surface area contributed by atoms with Crippen LogP contribution in [0.5, 0.6) is 0 Å². The first-order valence-corrected chi connectivity index (χ1v) is 6.72. The van der Waals surface area contributed by atoms with Crippen molar-refractivity contribution < 1.29 is 4.79 Å². The summed E-state index contributed by atoms with van der Waals surface area (Å²) in [5.41, 5.74) is 0.924. The van der Waals surface area contributed by atoms with Gasteiger partial charge in [0.15, 0.2) is 5.82 Å². The highest BCUT2D eigenvalue weighted by molar-refractivity contribution is 7.80. The molecule has 2 heterocycles. The summed E-state index contributed by atoms with van der Waals surface area (Å²) in [6.45, 7) is 2.35. The molecule has 2 rings (SSSR count). The second-order valence-corrected chi connectivity index (χ2v) is 4.92. The summed E-state index contributed by atoms with van der Waals surface area (Å²) in [5.74, 6) is 0.946. The minimum atomic E-state index is -0.0956. The lowest BCUT2D eigenvalue weighted by Crippen LogP contribution is -2.14. The average molecular weight is 300 g/mol. The van der Waals surface area contributed by atoms with E-state index in [1.165, 1.54) is 0 Å². The molecule has 0 unspecified atom stereocenters. The van der Waals surface area contributed by atoms with Crippen LogP contribution in [0.15, 0.2) is 18.5 Å². The van der Waals surface area contributed by atoms with Crippen LogP contribution in [0.1, 0.15) is 12.1 Å². The molecule has 0 bridgehead atoms. The fourth-order valence-electron chi connectivity index (χ4n) is 1.57. The van der Waals surface area contributed by atoms with Gasteiger partial charge in [-0.3, -0.25) is 4.79 Å². The Kier molecular flexibility index (Phi) is 4.49. The van der Waals surface area contributed by atoms with E-state index in [-0.39, 0.29) is 5.91 Å². The number of hydrogen-bond acceptors (Lipinski definition) is 4. The number of thiol groups is 1. The lowest BCUT2D eigenvalue weighted by atomic mass is 10.4. The van der Waals surface area contributed by atoms with Crippen LogP contribution in [-0.2, 0) is 11.5 Å². The highest BCUT2D eigenvalue weighted by Crippen LogP contribution is 2.10. The van der Waals surface area contributed by atoms with E-state index >= 15 is 0 Å². The molecule has 2 aromatic heterocycles. The van der Waals surface area contributed by atoms with E-state index in [0.29, 0.717) is 29.7 Å². The molecule has 0 saturated heterocycles. The number of carbonyl (C=O) groups excluding carboxylic acids is 1. The smallest absolute Gasteiger partial charge is 0.226 e. The first-order chi connectivity index (χ1) is 9.08. The highest BCUT2D eigenvalue weighted by atomic mass is 35.5. The molecule has 0 atom stereocenters. The molecular weight excluding hydrogens is 286 g/mol. The first kappa shape index (κ1) is 14.0. The summed E-state index contributed by atoms with van der Waals surface area (Å²) in [6, 6.07) is 1.81. The summed E-state index contributed by atoms with van der Waals surface area (Å²) in [7, 11) is 0. The molecule has 0 spiro atoms. The van der Waals surface area contributed by atoms with Gasteiger partial charge in [0.2, 0.25) is 5.91 Å². The molecule has 0 aliphatic rings. The van der Waals surface area contributed by atoms with Crippen LogP contribution >= 0.6 is 24.2 Å². The maximum atomic E-state index is 11.5. The monoisotopic (exact) mass is 299 g/mol. The second-order valence-electron chi connectivity index (χ2n) is 4.03. The summed E-state index contributed by atoms with van der Waals surface area (Å²) in [4.78, 5) is 11.5. The molecule has 0 aromatic carbocycles. The molecule has 0 saturated carbocycles. The number of nitrogens with zero attached hydrogens (tertiary/aromatic N) is 4. The number of rotatable bonds is 5. The van der Waals surface area contributed by atoms with Crippen molar-refractivity contribution in [1.82, 2.24) is 19.6 Å². The number of aromatic nitrogens is 4. The van der Waals surface area contributed by atoms with Crippen molar-refractivity contribution >= 4 is 36.0 Å². The van der Waals surface area contributed by atoms with E-state index in [4.69, 9.17) is 11.6 Å². The normalized spacial score (nSPS) is 10.7. The predicted molar refractivity (Wildman–Crippen MR) is 76.7 cm³/mol. The molecule has 0 aliphatic heterocycles. The third-order valence-electron chi connectivity index (χ3n) is 2.47. The van der Waals surface area contributed by atoms with Crippen molar-refractivity contribution in [3.8, 4) is 0 Å². The Hall–Kier alpha value is -1.47. The van der Waals surface area contributed by atoms with E-state index < -0.39 is 0 Å². The Morgan fingerprint density at radius 1 is 1.58 bits per heavy atom. The number of carbonyl (C=O) groups is 1. The van der Waals surface area contributed by atoms with E-state index in [2.05, 4.69) is 28.1 Å². The summed E-state index contributed by atoms with van der Waals surface area (Å²) in [5, 5.41) is 11.7. The van der Waals surface area contributed by atoms with Crippen LogP contribution in [0, 0.1) is 6.92 Å². The number of amides is 1. The SMILES string of the molecule is Cc1cc(NC(=O)CCS)nn1Cn1cc(Cl)cn1. The summed E-state index contributed by atoms with van der Waals surface area (Å²) >= 11 is 9.81. The Bertz CT molecular complexity index is 579. The van der Waals surface area contributed by atoms with E-state index in [9.17, 15) is 4.79 Å². The molecule has 0 radical (unpaired) electrons. The molecule has 0 fully saturated rings. The van der Waals surface area contributed by atoms with Crippen molar-refractivity contribution in [2.75, 3.05) is 11.1 Å². The number of hydrogen-bond donors (Lipinski definition) is 2. The van der Waals surface area contributed by atoms with E-state index in [0.717, 1.165) is 5.69 Å². The van der Waals surface area contributed by atoms with Gasteiger partial charge in [0.05, 0.1) is 11.2 Å². The fourth-order valence-corrected chi connectivity index (χ4v) is 1.93. The van der Waals surface area contributed by atoms with Crippen molar-refractivity contribution in [3.05, 3.63) is 29.2 Å². The van der Waals surface area contributed by atoms with Gasteiger partial charge in [-0.2, -0.15) is 22.8 Å². The van der Waals surface area contributed by atoms with Crippen LogP contribution in [0.4, 0.5) is 5.82 Å². The second kappa shape index (κ2) is 6.12. The lowest BCUT2D eigenvalue weighted by molar-refractivity contribution is -0.115. The molecule has 6 nitrogen and oxygen atoms in total. The molecule has 102 valence electrons. The van der Waals surface area contributed by atoms with Crippen molar-refractivity contribution in [2.24, 2.45) is 0 Å². The number of halogens is 1. The third-order valence-corrected chi connectivity index (χ3v) is 2.89. The topological polar surface area (TPSA) is 64.7 Å². The maximum Gasteiger partial charge on any atom is 0.226 e. The van der Waals surface area contributed by atoms with E-state index in [1.807, 2.05) is 13.0 Å². The molecule has 19 heavy (non-hydrogen) atoms. The zero-order valence-corrected chi connectivity index (χ0v) is 12.0. The number of nitrogens with one attached hydrogen (secondary N) is 1. The van der Waals surface area contributed by atoms with Gasteiger partial charge in [-0.25, -0.2) is 9.36 Å². The predicted octanol–water partition coefficient (Wildman–Crippen LogP) is 1.81. The van der Waals surface area contributed by atoms with E-state index in [1.54, 1.807) is 21.8 Å². The van der Waals surface area contributed by atoms with Crippen LogP contribution in [-0.4, -0.2) is 31.2 Å². The zero-order chi connectivity index (χ0) is 13.8. The Balaban J connectivity index is 2.06. The third kappa shape index (κ3) is 3.74. The molecule has 8 heteroatoms. The maximum absolute atomic E-state index is 11.5. The quantitative estimate of drug-likeness (QED) is 0.828. The minimum absolute atomic E-state index is 0.0956. The van der Waals surface area contributed by atoms with Crippen LogP contribution in [0.3, 0.4) is 0 Å². The lowest BCUT2D eigenvalue weighted by Gasteiger charge is -2.04. The largest absolute Gasteiger partial charge is 0.309 e. The van der Waals surface area contributed by atoms with Gasteiger partial charge < -0.3 is 5.32 Å². The molecule has 2 aromatic rings. The Labute approximate surface area is 121 Å². The first-order valence-electron chi connectivity index (χ1n) is 5.71. The van der Waals surface area contributed by atoms with Crippen LogP contribution in [0.25, 0.3) is 0 Å². The Morgan fingerprint density at radius 3 is 3.00 bits per heavy atom.